The molecule has 128 valence electrons. The third kappa shape index (κ3) is 3.84. The maximum atomic E-state index is 10.5. The summed E-state index contributed by atoms with van der Waals surface area (Å²) in [5.74, 6) is 0.569. The van der Waals surface area contributed by atoms with Gasteiger partial charge in [-0.15, -0.1) is 0 Å². The highest BCUT2D eigenvalue weighted by atomic mass is 16.3. The fourth-order valence-electron chi connectivity index (χ4n) is 2.45. The fourth-order valence-corrected chi connectivity index (χ4v) is 2.45. The maximum absolute atomic E-state index is 10.5. The molecule has 3 heterocycles. The average Bonchev–Trinajstić information content (AvgIpc) is 3.10. The summed E-state index contributed by atoms with van der Waals surface area (Å²) in [6.45, 7) is 7.61. The van der Waals surface area contributed by atoms with Gasteiger partial charge in [0.25, 0.3) is 0 Å². The predicted octanol–water partition coefficient (Wildman–Crippen LogP) is 2.83. The lowest BCUT2D eigenvalue weighted by Gasteiger charge is -2.21. The van der Waals surface area contributed by atoms with Crippen molar-refractivity contribution < 1.29 is 9.52 Å². The Hall–Kier alpha value is -3.19. The van der Waals surface area contributed by atoms with Crippen molar-refractivity contribution in [1.29, 1.82) is 0 Å². The van der Waals surface area contributed by atoms with E-state index in [2.05, 4.69) is 32.2 Å². The van der Waals surface area contributed by atoms with Crippen molar-refractivity contribution >= 4 is 11.4 Å². The smallest absolute Gasteiger partial charge is 0.181 e. The molecule has 2 aromatic rings. The molecule has 3 N–H and O–H groups in total. The van der Waals surface area contributed by atoms with Crippen molar-refractivity contribution in [3.05, 3.63) is 66.8 Å². The number of pyridine rings is 1. The summed E-state index contributed by atoms with van der Waals surface area (Å²) in [5, 5.41) is 16.6. The van der Waals surface area contributed by atoms with Crippen LogP contribution in [0.2, 0.25) is 0 Å². The van der Waals surface area contributed by atoms with E-state index in [1.165, 1.54) is 12.7 Å². The lowest BCUT2D eigenvalue weighted by molar-refractivity contribution is 0.242. The summed E-state index contributed by atoms with van der Waals surface area (Å²) in [6, 6.07) is 3.60. The zero-order valence-electron chi connectivity index (χ0n) is 14.0. The van der Waals surface area contributed by atoms with Crippen LogP contribution < -0.4 is 10.6 Å². The standard InChI is InChI=1S/C18H19N5O2/c1-4-14(17-21-11(2)7-12(3)22-17)18(24)23-13-5-6-15(19-8-13)16-9-25-10-20-16/h4-10,18,21,23-24H,1H2,2-3H3/b17-14+. The number of oxazole rings is 1. The van der Waals surface area contributed by atoms with Crippen LogP contribution in [0.15, 0.2) is 76.2 Å². The molecule has 0 bridgehead atoms. The van der Waals surface area contributed by atoms with E-state index in [0.29, 0.717) is 28.5 Å². The molecule has 1 aliphatic rings. The van der Waals surface area contributed by atoms with E-state index in [9.17, 15) is 5.11 Å². The molecule has 1 aliphatic heterocycles. The molecule has 0 aliphatic carbocycles. The molecule has 0 saturated heterocycles. The Kier molecular flexibility index (Phi) is 4.76. The molecule has 0 fully saturated rings. The first-order chi connectivity index (χ1) is 12.1. The minimum Gasteiger partial charge on any atom is -0.451 e. The summed E-state index contributed by atoms with van der Waals surface area (Å²) in [6.07, 6.45) is 7.01. The van der Waals surface area contributed by atoms with Gasteiger partial charge in [0, 0.05) is 17.0 Å². The quantitative estimate of drug-likeness (QED) is 0.726. The molecule has 25 heavy (non-hydrogen) atoms. The Morgan fingerprint density at radius 3 is 2.76 bits per heavy atom. The van der Waals surface area contributed by atoms with Crippen LogP contribution in [0.25, 0.3) is 11.4 Å². The first kappa shape index (κ1) is 16.7. The van der Waals surface area contributed by atoms with Crippen molar-refractivity contribution in [2.24, 2.45) is 4.99 Å². The molecule has 7 heteroatoms. The number of rotatable bonds is 5. The monoisotopic (exact) mass is 337 g/mol. The Bertz CT molecular complexity index is 848. The largest absolute Gasteiger partial charge is 0.451 e. The van der Waals surface area contributed by atoms with Crippen LogP contribution >= 0.6 is 0 Å². The van der Waals surface area contributed by atoms with Crippen LogP contribution in [0, 0.1) is 0 Å². The molecule has 1 atom stereocenters. The van der Waals surface area contributed by atoms with Gasteiger partial charge in [-0.25, -0.2) is 9.98 Å². The van der Waals surface area contributed by atoms with Gasteiger partial charge in [0.15, 0.2) is 12.6 Å². The van der Waals surface area contributed by atoms with Crippen LogP contribution in [-0.4, -0.2) is 27.0 Å². The van der Waals surface area contributed by atoms with Crippen molar-refractivity contribution in [1.82, 2.24) is 15.3 Å². The normalized spacial score (nSPS) is 17.1. The average molecular weight is 337 g/mol. The second-order valence-electron chi connectivity index (χ2n) is 5.57. The number of nitrogens with zero attached hydrogens (tertiary/aromatic N) is 3. The summed E-state index contributed by atoms with van der Waals surface area (Å²) >= 11 is 0. The third-order valence-corrected chi connectivity index (χ3v) is 3.58. The van der Waals surface area contributed by atoms with E-state index in [1.54, 1.807) is 24.4 Å². The van der Waals surface area contributed by atoms with Gasteiger partial charge in [0.1, 0.15) is 17.8 Å². The second-order valence-corrected chi connectivity index (χ2v) is 5.57. The van der Waals surface area contributed by atoms with Crippen LogP contribution in [0.4, 0.5) is 5.69 Å². The topological polar surface area (TPSA) is 95.6 Å². The minimum absolute atomic E-state index is 0.548. The highest BCUT2D eigenvalue weighted by Gasteiger charge is 2.16. The van der Waals surface area contributed by atoms with E-state index in [1.807, 2.05) is 19.9 Å². The molecule has 0 aromatic carbocycles. The van der Waals surface area contributed by atoms with Gasteiger partial charge in [0.05, 0.1) is 17.6 Å². The number of hydrogen-bond acceptors (Lipinski definition) is 7. The number of hydrogen-bond donors (Lipinski definition) is 3. The Labute approximate surface area is 145 Å². The van der Waals surface area contributed by atoms with E-state index >= 15 is 0 Å². The van der Waals surface area contributed by atoms with Crippen molar-refractivity contribution in [3.8, 4) is 11.4 Å². The van der Waals surface area contributed by atoms with Gasteiger partial charge < -0.3 is 20.2 Å². The summed E-state index contributed by atoms with van der Waals surface area (Å²) in [7, 11) is 0. The summed E-state index contributed by atoms with van der Waals surface area (Å²) in [4.78, 5) is 12.8. The van der Waals surface area contributed by atoms with E-state index < -0.39 is 6.23 Å². The van der Waals surface area contributed by atoms with E-state index in [-0.39, 0.29) is 0 Å². The van der Waals surface area contributed by atoms with Crippen LogP contribution in [0.1, 0.15) is 13.8 Å². The highest BCUT2D eigenvalue weighted by molar-refractivity contribution is 5.95. The molecule has 0 spiro atoms. The number of allylic oxidation sites excluding steroid dienone is 2. The molecule has 0 amide bonds. The first-order valence-electron chi connectivity index (χ1n) is 7.73. The zero-order valence-corrected chi connectivity index (χ0v) is 14.0. The SMILES string of the molecule is C=C/C(=C1\N=C(C)C=C(C)N1)C(O)Nc1ccc(-c2cocn2)nc1. The number of aliphatic hydroxyl groups excluding tert-OH is 1. The predicted molar refractivity (Wildman–Crippen MR) is 96.6 cm³/mol. The van der Waals surface area contributed by atoms with E-state index in [0.717, 1.165) is 11.4 Å². The molecule has 2 aromatic heterocycles. The number of nitrogens with one attached hydrogen (secondary N) is 2. The van der Waals surface area contributed by atoms with Gasteiger partial charge in [-0.3, -0.25) is 4.98 Å². The first-order valence-corrected chi connectivity index (χ1v) is 7.73. The van der Waals surface area contributed by atoms with Gasteiger partial charge in [-0.05, 0) is 32.1 Å². The lowest BCUT2D eigenvalue weighted by atomic mass is 10.2. The van der Waals surface area contributed by atoms with Gasteiger partial charge in [0.2, 0.25) is 0 Å². The number of anilines is 1. The molecule has 1 unspecified atom stereocenters. The van der Waals surface area contributed by atoms with Gasteiger partial charge >= 0.3 is 0 Å². The molecular formula is C18H19N5O2. The van der Waals surface area contributed by atoms with Crippen molar-refractivity contribution in [2.45, 2.75) is 20.1 Å². The summed E-state index contributed by atoms with van der Waals surface area (Å²) < 4.78 is 4.95. The van der Waals surface area contributed by atoms with E-state index in [4.69, 9.17) is 4.42 Å². The van der Waals surface area contributed by atoms with Gasteiger partial charge in [-0.2, -0.15) is 0 Å². The van der Waals surface area contributed by atoms with Crippen LogP contribution in [-0.2, 0) is 0 Å². The van der Waals surface area contributed by atoms with Crippen LogP contribution in [0.5, 0.6) is 0 Å². The maximum Gasteiger partial charge on any atom is 0.181 e. The number of aromatic nitrogens is 2. The molecule has 0 saturated carbocycles. The Balaban J connectivity index is 1.78. The summed E-state index contributed by atoms with van der Waals surface area (Å²) in [5.41, 5.74) is 4.35. The fraction of sp³-hybridized carbons (Fsp3) is 0.167. The highest BCUT2D eigenvalue weighted by Crippen LogP contribution is 2.20. The lowest BCUT2D eigenvalue weighted by Crippen LogP contribution is -2.26. The molecule has 0 radical (unpaired) electrons. The molecular weight excluding hydrogens is 318 g/mol. The Morgan fingerprint density at radius 2 is 2.16 bits per heavy atom. The zero-order chi connectivity index (χ0) is 17.8. The number of aliphatic imine (C=N–C) groups is 1. The Morgan fingerprint density at radius 1 is 1.32 bits per heavy atom. The third-order valence-electron chi connectivity index (χ3n) is 3.58. The van der Waals surface area contributed by atoms with Crippen LogP contribution in [0.3, 0.4) is 0 Å². The van der Waals surface area contributed by atoms with Gasteiger partial charge in [-0.1, -0.05) is 12.7 Å². The molecule has 7 nitrogen and oxygen atoms in total. The van der Waals surface area contributed by atoms with Crippen molar-refractivity contribution in [2.75, 3.05) is 5.32 Å². The second kappa shape index (κ2) is 7.14. The number of aliphatic hydroxyl groups is 1. The minimum atomic E-state index is -0.984. The molecule has 3 rings (SSSR count). The van der Waals surface area contributed by atoms with Crippen molar-refractivity contribution in [3.63, 3.8) is 0 Å².